The highest BCUT2D eigenvalue weighted by molar-refractivity contribution is 8.01. The van der Waals surface area contributed by atoms with E-state index in [2.05, 4.69) is 10.2 Å². The molecule has 1 heterocycles. The van der Waals surface area contributed by atoms with E-state index in [1.807, 2.05) is 19.0 Å². The zero-order valence-corrected chi connectivity index (χ0v) is 12.0. The van der Waals surface area contributed by atoms with E-state index in [1.165, 1.54) is 29.2 Å². The molecule has 1 aromatic carbocycles. The van der Waals surface area contributed by atoms with Crippen LogP contribution in [0.25, 0.3) is 0 Å². The van der Waals surface area contributed by atoms with Gasteiger partial charge in [0.2, 0.25) is 5.13 Å². The summed E-state index contributed by atoms with van der Waals surface area (Å²) in [4.78, 5) is 13.5. The van der Waals surface area contributed by atoms with Crippen LogP contribution in [0.2, 0.25) is 0 Å². The van der Waals surface area contributed by atoms with Crippen molar-refractivity contribution in [3.63, 3.8) is 0 Å². The highest BCUT2D eigenvalue weighted by Crippen LogP contribution is 2.36. The first-order valence-electron chi connectivity index (χ1n) is 5.29. The van der Waals surface area contributed by atoms with Gasteiger partial charge in [0, 0.05) is 19.0 Å². The molecule has 0 saturated heterocycles. The van der Waals surface area contributed by atoms with Crippen LogP contribution in [-0.2, 0) is 0 Å². The number of carboxylic acid groups (broad SMARTS) is 1. The molecule has 0 aliphatic carbocycles. The summed E-state index contributed by atoms with van der Waals surface area (Å²) in [5, 5.41) is 17.8. The Bertz CT molecular complexity index is 612. The Morgan fingerprint density at radius 3 is 2.74 bits per heavy atom. The van der Waals surface area contributed by atoms with Gasteiger partial charge >= 0.3 is 5.97 Å². The van der Waals surface area contributed by atoms with Gasteiger partial charge in [-0.15, -0.1) is 10.2 Å². The van der Waals surface area contributed by atoms with E-state index < -0.39 is 5.97 Å². The predicted molar refractivity (Wildman–Crippen MR) is 76.2 cm³/mol. The normalized spacial score (nSPS) is 10.4. The van der Waals surface area contributed by atoms with E-state index in [0.717, 1.165) is 9.47 Å². The van der Waals surface area contributed by atoms with Gasteiger partial charge in [0.25, 0.3) is 0 Å². The van der Waals surface area contributed by atoms with Crippen LogP contribution in [0, 0.1) is 0 Å². The van der Waals surface area contributed by atoms with E-state index >= 15 is 0 Å². The maximum Gasteiger partial charge on any atom is 0.337 e. The Kier molecular flexibility index (Phi) is 3.91. The Balaban J connectivity index is 2.28. The van der Waals surface area contributed by atoms with E-state index in [-0.39, 0.29) is 11.3 Å². The monoisotopic (exact) mass is 296 g/mol. The third-order valence-electron chi connectivity index (χ3n) is 2.27. The SMILES string of the molecule is CN(C)c1nnc(Sc2cccc(C(=O)O)c2N)s1. The van der Waals surface area contributed by atoms with Gasteiger partial charge in [-0.25, -0.2) is 4.79 Å². The number of anilines is 2. The predicted octanol–water partition coefficient (Wildman–Crippen LogP) is 2.04. The van der Waals surface area contributed by atoms with Crippen LogP contribution < -0.4 is 10.6 Å². The summed E-state index contributed by atoms with van der Waals surface area (Å²) >= 11 is 2.74. The van der Waals surface area contributed by atoms with Crippen molar-refractivity contribution in [2.24, 2.45) is 0 Å². The first kappa shape index (κ1) is 13.6. The first-order chi connectivity index (χ1) is 8.99. The minimum Gasteiger partial charge on any atom is -0.478 e. The Morgan fingerprint density at radius 1 is 1.42 bits per heavy atom. The van der Waals surface area contributed by atoms with Gasteiger partial charge in [0.15, 0.2) is 4.34 Å². The zero-order valence-electron chi connectivity index (χ0n) is 10.3. The molecule has 0 unspecified atom stereocenters. The number of benzene rings is 1. The second-order valence-electron chi connectivity index (χ2n) is 3.87. The number of rotatable bonds is 4. The molecule has 0 radical (unpaired) electrons. The van der Waals surface area contributed by atoms with Gasteiger partial charge in [0.05, 0.1) is 11.3 Å². The van der Waals surface area contributed by atoms with Crippen molar-refractivity contribution in [1.82, 2.24) is 10.2 Å². The summed E-state index contributed by atoms with van der Waals surface area (Å²) < 4.78 is 0.720. The number of carboxylic acids is 1. The van der Waals surface area contributed by atoms with Gasteiger partial charge in [-0.1, -0.05) is 29.2 Å². The molecular formula is C11H12N4O2S2. The maximum absolute atomic E-state index is 11.0. The van der Waals surface area contributed by atoms with Crippen LogP contribution in [0.15, 0.2) is 27.4 Å². The third kappa shape index (κ3) is 2.96. The van der Waals surface area contributed by atoms with Gasteiger partial charge in [-0.05, 0) is 12.1 Å². The van der Waals surface area contributed by atoms with Gasteiger partial charge in [-0.2, -0.15) is 0 Å². The summed E-state index contributed by atoms with van der Waals surface area (Å²) in [6.07, 6.45) is 0. The topological polar surface area (TPSA) is 92.3 Å². The third-order valence-corrected chi connectivity index (χ3v) is 4.49. The van der Waals surface area contributed by atoms with Crippen LogP contribution in [0.4, 0.5) is 10.8 Å². The summed E-state index contributed by atoms with van der Waals surface area (Å²) in [5.74, 6) is -1.04. The minimum absolute atomic E-state index is 0.0994. The van der Waals surface area contributed by atoms with Crippen molar-refractivity contribution >= 4 is 39.9 Å². The molecule has 6 nitrogen and oxygen atoms in total. The highest BCUT2D eigenvalue weighted by atomic mass is 32.2. The number of carbonyl (C=O) groups is 1. The molecule has 0 amide bonds. The Labute approximate surface area is 118 Å². The summed E-state index contributed by atoms with van der Waals surface area (Å²) in [7, 11) is 3.77. The summed E-state index contributed by atoms with van der Waals surface area (Å²) in [5.41, 5.74) is 6.19. The van der Waals surface area contributed by atoms with E-state index in [0.29, 0.717) is 4.90 Å². The molecule has 0 bridgehead atoms. The summed E-state index contributed by atoms with van der Waals surface area (Å²) in [6.45, 7) is 0. The molecule has 0 saturated carbocycles. The number of aromatic nitrogens is 2. The second-order valence-corrected chi connectivity index (χ2v) is 6.11. The number of para-hydroxylation sites is 1. The molecule has 0 fully saturated rings. The van der Waals surface area contributed by atoms with Crippen LogP contribution in [0.3, 0.4) is 0 Å². The number of nitrogens with two attached hydrogens (primary N) is 1. The molecule has 2 rings (SSSR count). The molecule has 100 valence electrons. The lowest BCUT2D eigenvalue weighted by atomic mass is 10.2. The van der Waals surface area contributed by atoms with Crippen molar-refractivity contribution in [2.45, 2.75) is 9.24 Å². The average molecular weight is 296 g/mol. The van der Waals surface area contributed by atoms with Gasteiger partial charge < -0.3 is 15.7 Å². The van der Waals surface area contributed by atoms with Crippen LogP contribution in [-0.4, -0.2) is 35.4 Å². The molecule has 0 spiro atoms. The largest absolute Gasteiger partial charge is 0.478 e. The minimum atomic E-state index is -1.04. The fourth-order valence-electron chi connectivity index (χ4n) is 1.34. The lowest BCUT2D eigenvalue weighted by molar-refractivity contribution is 0.0698. The van der Waals surface area contributed by atoms with Crippen molar-refractivity contribution in [2.75, 3.05) is 24.7 Å². The fraction of sp³-hybridized carbons (Fsp3) is 0.182. The Morgan fingerprint density at radius 2 is 2.16 bits per heavy atom. The molecule has 1 aromatic heterocycles. The highest BCUT2D eigenvalue weighted by Gasteiger charge is 2.14. The van der Waals surface area contributed by atoms with Crippen LogP contribution in [0.5, 0.6) is 0 Å². The van der Waals surface area contributed by atoms with Gasteiger partial charge in [-0.3, -0.25) is 0 Å². The van der Waals surface area contributed by atoms with Crippen LogP contribution >= 0.6 is 23.1 Å². The Hall–Kier alpha value is -1.80. The van der Waals surface area contributed by atoms with E-state index in [4.69, 9.17) is 10.8 Å². The average Bonchev–Trinajstić information content (AvgIpc) is 2.80. The number of nitrogen functional groups attached to an aromatic ring is 1. The molecule has 3 N–H and O–H groups in total. The summed E-state index contributed by atoms with van der Waals surface area (Å²) in [6, 6.07) is 4.91. The lowest BCUT2D eigenvalue weighted by Gasteiger charge is -2.06. The van der Waals surface area contributed by atoms with Gasteiger partial charge in [0.1, 0.15) is 0 Å². The maximum atomic E-state index is 11.0. The molecule has 8 heteroatoms. The molecule has 0 aliphatic rings. The number of nitrogens with zero attached hydrogens (tertiary/aromatic N) is 3. The van der Waals surface area contributed by atoms with Crippen molar-refractivity contribution in [1.29, 1.82) is 0 Å². The molecule has 0 atom stereocenters. The lowest BCUT2D eigenvalue weighted by Crippen LogP contribution is -2.07. The standard InChI is InChI=1S/C11H12N4O2S2/c1-15(2)10-13-14-11(19-10)18-7-5-3-4-6(8(7)12)9(16)17/h3-5H,12H2,1-2H3,(H,16,17). The van der Waals surface area contributed by atoms with Crippen molar-refractivity contribution in [3.05, 3.63) is 23.8 Å². The first-order valence-corrected chi connectivity index (χ1v) is 6.93. The fourth-order valence-corrected chi connectivity index (χ4v) is 3.14. The quantitative estimate of drug-likeness (QED) is 0.834. The van der Waals surface area contributed by atoms with E-state index in [1.54, 1.807) is 12.1 Å². The molecule has 19 heavy (non-hydrogen) atoms. The van der Waals surface area contributed by atoms with Crippen LogP contribution in [0.1, 0.15) is 10.4 Å². The number of hydrogen-bond acceptors (Lipinski definition) is 7. The smallest absolute Gasteiger partial charge is 0.337 e. The number of hydrogen-bond donors (Lipinski definition) is 2. The molecule has 2 aromatic rings. The molecule has 0 aliphatic heterocycles. The van der Waals surface area contributed by atoms with Crippen molar-refractivity contribution in [3.8, 4) is 0 Å². The molecular weight excluding hydrogens is 284 g/mol. The van der Waals surface area contributed by atoms with Crippen molar-refractivity contribution < 1.29 is 9.90 Å². The van der Waals surface area contributed by atoms with E-state index in [9.17, 15) is 4.79 Å². The zero-order chi connectivity index (χ0) is 14.0. The number of aromatic carboxylic acids is 1. The second kappa shape index (κ2) is 5.45.